The third-order valence-corrected chi connectivity index (χ3v) is 1.68. The molecule has 1 aromatic rings. The summed E-state index contributed by atoms with van der Waals surface area (Å²) in [7, 11) is 0. The summed E-state index contributed by atoms with van der Waals surface area (Å²) in [5.41, 5.74) is 0. The van der Waals surface area contributed by atoms with Crippen molar-refractivity contribution in [3.8, 4) is 0 Å². The molecule has 2 rings (SSSR count). The van der Waals surface area contributed by atoms with Crippen LogP contribution in [0.3, 0.4) is 0 Å². The highest BCUT2D eigenvalue weighted by Gasteiger charge is 2.05. The van der Waals surface area contributed by atoms with Gasteiger partial charge in [-0.15, -0.1) is 0 Å². The second-order valence-electron chi connectivity index (χ2n) is 2.88. The molecule has 62 valence electrons. The van der Waals surface area contributed by atoms with Crippen LogP contribution in [0.2, 0.25) is 0 Å². The summed E-state index contributed by atoms with van der Waals surface area (Å²) in [4.78, 5) is 8.34. The SMILES string of the molecule is Cc1nc2n(n1)C=CC(C)C=N2. The molecule has 1 unspecified atom stereocenters. The van der Waals surface area contributed by atoms with Gasteiger partial charge in [0.15, 0.2) is 0 Å². The standard InChI is InChI=1S/C8H10N4/c1-6-3-4-12-8(9-5-6)10-7(2)11-12/h3-6H,1-2H3. The molecular weight excluding hydrogens is 152 g/mol. The van der Waals surface area contributed by atoms with Gasteiger partial charge in [-0.2, -0.15) is 10.1 Å². The average Bonchev–Trinajstić information content (AvgIpc) is 2.31. The number of hydrogen-bond donors (Lipinski definition) is 0. The average molecular weight is 162 g/mol. The van der Waals surface area contributed by atoms with Crippen molar-refractivity contribution in [2.75, 3.05) is 0 Å². The molecule has 0 radical (unpaired) electrons. The van der Waals surface area contributed by atoms with Gasteiger partial charge in [-0.25, -0.2) is 9.67 Å². The van der Waals surface area contributed by atoms with Crippen molar-refractivity contribution >= 4 is 18.4 Å². The van der Waals surface area contributed by atoms with Gasteiger partial charge in [0, 0.05) is 18.3 Å². The molecule has 0 aromatic carbocycles. The maximum Gasteiger partial charge on any atom is 0.252 e. The Morgan fingerprint density at radius 3 is 3.17 bits per heavy atom. The molecule has 0 spiro atoms. The summed E-state index contributed by atoms with van der Waals surface area (Å²) in [6, 6.07) is 0. The Kier molecular flexibility index (Phi) is 1.53. The number of hydrogen-bond acceptors (Lipinski definition) is 3. The number of allylic oxidation sites excluding steroid dienone is 1. The Morgan fingerprint density at radius 2 is 2.33 bits per heavy atom. The minimum absolute atomic E-state index is 0.355. The third-order valence-electron chi connectivity index (χ3n) is 1.68. The van der Waals surface area contributed by atoms with Crippen LogP contribution in [-0.4, -0.2) is 21.0 Å². The van der Waals surface area contributed by atoms with Crippen molar-refractivity contribution in [2.45, 2.75) is 13.8 Å². The fourth-order valence-corrected chi connectivity index (χ4v) is 1.06. The molecular formula is C8H10N4. The second kappa shape index (κ2) is 2.55. The topological polar surface area (TPSA) is 43.1 Å². The van der Waals surface area contributed by atoms with Crippen LogP contribution in [0.15, 0.2) is 11.1 Å². The van der Waals surface area contributed by atoms with E-state index in [4.69, 9.17) is 0 Å². The van der Waals surface area contributed by atoms with E-state index in [1.807, 2.05) is 25.4 Å². The molecule has 4 nitrogen and oxygen atoms in total. The van der Waals surface area contributed by atoms with Crippen molar-refractivity contribution < 1.29 is 0 Å². The van der Waals surface area contributed by atoms with Crippen LogP contribution in [0.25, 0.3) is 6.20 Å². The number of rotatable bonds is 0. The van der Waals surface area contributed by atoms with E-state index in [1.54, 1.807) is 4.68 Å². The molecule has 12 heavy (non-hydrogen) atoms. The van der Waals surface area contributed by atoms with Gasteiger partial charge in [-0.3, -0.25) is 0 Å². The minimum atomic E-state index is 0.355. The monoisotopic (exact) mass is 162 g/mol. The first-order valence-electron chi connectivity index (χ1n) is 3.91. The summed E-state index contributed by atoms with van der Waals surface area (Å²) >= 11 is 0. The lowest BCUT2D eigenvalue weighted by atomic mass is 10.2. The van der Waals surface area contributed by atoms with E-state index < -0.39 is 0 Å². The van der Waals surface area contributed by atoms with Crippen molar-refractivity contribution in [3.63, 3.8) is 0 Å². The predicted molar refractivity (Wildman–Crippen MR) is 47.4 cm³/mol. The van der Waals surface area contributed by atoms with E-state index in [2.05, 4.69) is 22.0 Å². The highest BCUT2D eigenvalue weighted by molar-refractivity contribution is 5.68. The fraction of sp³-hybridized carbons (Fsp3) is 0.375. The summed E-state index contributed by atoms with van der Waals surface area (Å²) in [6.07, 6.45) is 5.80. The fourth-order valence-electron chi connectivity index (χ4n) is 1.06. The lowest BCUT2D eigenvalue weighted by molar-refractivity contribution is 0.909. The summed E-state index contributed by atoms with van der Waals surface area (Å²) in [5.74, 6) is 1.77. The summed E-state index contributed by atoms with van der Waals surface area (Å²) in [6.45, 7) is 3.92. The van der Waals surface area contributed by atoms with Crippen LogP contribution in [0.1, 0.15) is 12.7 Å². The molecule has 0 aliphatic carbocycles. The molecule has 0 saturated carbocycles. The molecule has 0 saturated heterocycles. The second-order valence-corrected chi connectivity index (χ2v) is 2.88. The van der Waals surface area contributed by atoms with Crippen molar-refractivity contribution in [2.24, 2.45) is 10.9 Å². The van der Waals surface area contributed by atoms with E-state index >= 15 is 0 Å². The van der Waals surface area contributed by atoms with E-state index in [0.29, 0.717) is 11.9 Å². The van der Waals surface area contributed by atoms with Crippen LogP contribution in [0.4, 0.5) is 5.95 Å². The molecule has 1 aliphatic rings. The van der Waals surface area contributed by atoms with Gasteiger partial charge in [0.1, 0.15) is 5.82 Å². The number of aryl methyl sites for hydroxylation is 1. The van der Waals surface area contributed by atoms with Crippen LogP contribution in [-0.2, 0) is 0 Å². The van der Waals surface area contributed by atoms with E-state index in [-0.39, 0.29) is 0 Å². The highest BCUT2D eigenvalue weighted by Crippen LogP contribution is 2.13. The summed E-state index contributed by atoms with van der Waals surface area (Å²) < 4.78 is 1.69. The van der Waals surface area contributed by atoms with E-state index in [1.165, 1.54) is 0 Å². The van der Waals surface area contributed by atoms with Crippen LogP contribution >= 0.6 is 0 Å². The molecule has 1 aliphatic heterocycles. The van der Waals surface area contributed by atoms with Gasteiger partial charge in [-0.1, -0.05) is 13.0 Å². The summed E-state index contributed by atoms with van der Waals surface area (Å²) in [5, 5.41) is 4.15. The van der Waals surface area contributed by atoms with Gasteiger partial charge in [0.25, 0.3) is 5.95 Å². The Labute approximate surface area is 70.6 Å². The molecule has 0 fully saturated rings. The zero-order valence-corrected chi connectivity index (χ0v) is 7.10. The largest absolute Gasteiger partial charge is 0.252 e. The molecule has 2 heterocycles. The van der Waals surface area contributed by atoms with E-state index in [0.717, 1.165) is 5.82 Å². The Bertz CT molecular complexity index is 316. The Hall–Kier alpha value is -1.45. The first kappa shape index (κ1) is 7.21. The van der Waals surface area contributed by atoms with E-state index in [9.17, 15) is 0 Å². The number of nitrogens with zero attached hydrogens (tertiary/aromatic N) is 4. The zero-order chi connectivity index (χ0) is 8.55. The van der Waals surface area contributed by atoms with Gasteiger partial charge in [0.2, 0.25) is 0 Å². The molecule has 0 bridgehead atoms. The van der Waals surface area contributed by atoms with Crippen LogP contribution in [0, 0.1) is 12.8 Å². The highest BCUT2D eigenvalue weighted by atomic mass is 15.4. The van der Waals surface area contributed by atoms with Gasteiger partial charge in [-0.05, 0) is 6.92 Å². The van der Waals surface area contributed by atoms with Crippen molar-refractivity contribution in [1.82, 2.24) is 14.8 Å². The molecule has 0 amide bonds. The quantitative estimate of drug-likeness (QED) is 0.578. The molecule has 4 heteroatoms. The minimum Gasteiger partial charge on any atom is -0.223 e. The van der Waals surface area contributed by atoms with Crippen LogP contribution in [0.5, 0.6) is 0 Å². The molecule has 1 aromatic heterocycles. The smallest absolute Gasteiger partial charge is 0.223 e. The number of aromatic nitrogens is 3. The first-order valence-corrected chi connectivity index (χ1v) is 3.91. The normalized spacial score (nSPS) is 20.7. The third kappa shape index (κ3) is 1.15. The number of aliphatic imine (C=N–C) groups is 1. The molecule has 0 N–H and O–H groups in total. The Balaban J connectivity index is 2.49. The maximum absolute atomic E-state index is 4.19. The lowest BCUT2D eigenvalue weighted by Gasteiger charge is -1.89. The first-order chi connectivity index (χ1) is 5.75. The van der Waals surface area contributed by atoms with Gasteiger partial charge in [0.05, 0.1) is 0 Å². The predicted octanol–water partition coefficient (Wildman–Crippen LogP) is 1.41. The van der Waals surface area contributed by atoms with Gasteiger partial charge >= 0.3 is 0 Å². The van der Waals surface area contributed by atoms with Crippen molar-refractivity contribution in [3.05, 3.63) is 11.9 Å². The Morgan fingerprint density at radius 1 is 1.50 bits per heavy atom. The lowest BCUT2D eigenvalue weighted by Crippen LogP contribution is -1.88. The number of fused-ring (bicyclic) bond motifs is 1. The zero-order valence-electron chi connectivity index (χ0n) is 7.10. The van der Waals surface area contributed by atoms with Crippen molar-refractivity contribution in [1.29, 1.82) is 0 Å². The molecule has 1 atom stereocenters. The van der Waals surface area contributed by atoms with Gasteiger partial charge < -0.3 is 0 Å². The maximum atomic E-state index is 4.19. The van der Waals surface area contributed by atoms with Crippen LogP contribution < -0.4 is 0 Å².